The fourth-order valence-corrected chi connectivity index (χ4v) is 6.48. The van der Waals surface area contributed by atoms with Crippen molar-refractivity contribution in [1.82, 2.24) is 0 Å². The molecule has 2 aliphatic rings. The molecule has 0 saturated heterocycles. The number of rotatable bonds is 2. The topological polar surface area (TPSA) is 34.1 Å². The first-order chi connectivity index (χ1) is 14.5. The number of carbonyl (C=O) groups excluding carboxylic acids is 2. The highest BCUT2D eigenvalue weighted by atomic mass is 16.1. The van der Waals surface area contributed by atoms with E-state index in [1.54, 1.807) is 13.8 Å². The Morgan fingerprint density at radius 3 is 1.00 bits per heavy atom. The summed E-state index contributed by atoms with van der Waals surface area (Å²) in [6.45, 7) is 3.55. The summed E-state index contributed by atoms with van der Waals surface area (Å²) in [5.74, 6) is 0.515. The number of aryl methyl sites for hydroxylation is 4. The molecule has 30 heavy (non-hydrogen) atoms. The van der Waals surface area contributed by atoms with E-state index in [1.807, 2.05) is 0 Å². The highest BCUT2D eigenvalue weighted by Crippen LogP contribution is 2.36. The molecule has 0 bridgehead atoms. The van der Waals surface area contributed by atoms with E-state index in [0.29, 0.717) is 0 Å². The van der Waals surface area contributed by atoms with E-state index < -0.39 is 0 Å². The first-order valence-corrected chi connectivity index (χ1v) is 11.9. The van der Waals surface area contributed by atoms with Crippen LogP contribution in [0, 0.1) is 0 Å². The SMILES string of the molecule is CC(=O)c1c2c3cc4c1CCCc1cc(c(c(C(C)=O)c1CCC4)CCC3)CCC2. The minimum absolute atomic E-state index is 0.257. The molecule has 0 fully saturated rings. The zero-order valence-corrected chi connectivity index (χ0v) is 18.5. The molecule has 4 rings (SSSR count). The van der Waals surface area contributed by atoms with Gasteiger partial charge in [-0.1, -0.05) is 12.1 Å². The number of hydrogen-bond acceptors (Lipinski definition) is 2. The summed E-state index contributed by atoms with van der Waals surface area (Å²) in [6.07, 6.45) is 12.1. The van der Waals surface area contributed by atoms with Crippen molar-refractivity contribution in [2.45, 2.75) is 90.9 Å². The molecule has 0 radical (unpaired) electrons. The molecule has 0 aliphatic heterocycles. The average Bonchev–Trinajstić information content (AvgIpc) is 2.70. The molecule has 0 saturated carbocycles. The second-order valence-corrected chi connectivity index (χ2v) is 9.58. The maximum atomic E-state index is 12.9. The van der Waals surface area contributed by atoms with Crippen molar-refractivity contribution in [2.75, 3.05) is 0 Å². The fourth-order valence-electron chi connectivity index (χ4n) is 6.48. The van der Waals surface area contributed by atoms with Gasteiger partial charge in [-0.25, -0.2) is 0 Å². The molecule has 0 atom stereocenters. The van der Waals surface area contributed by atoms with Gasteiger partial charge in [0.25, 0.3) is 0 Å². The van der Waals surface area contributed by atoms with E-state index >= 15 is 0 Å². The second-order valence-electron chi connectivity index (χ2n) is 9.58. The largest absolute Gasteiger partial charge is 0.294 e. The van der Waals surface area contributed by atoms with E-state index in [-0.39, 0.29) is 11.6 Å². The van der Waals surface area contributed by atoms with Crippen LogP contribution in [0.2, 0.25) is 0 Å². The number of hydrogen-bond donors (Lipinski definition) is 0. The van der Waals surface area contributed by atoms with Crippen molar-refractivity contribution in [1.29, 1.82) is 0 Å². The van der Waals surface area contributed by atoms with Crippen LogP contribution in [0.5, 0.6) is 0 Å². The standard InChI is InChI=1S/C28H32O2/c1-17(29)27-23-11-3-9-21-16-22-10-4-12-24(27)20-8-6-14-26(22)28(18(2)30)25(21)13-5-7-19(23)15-20/h15-16H,3-14H2,1-2H3. The number of ketones is 2. The Morgan fingerprint density at radius 1 is 0.500 bits per heavy atom. The van der Waals surface area contributed by atoms with E-state index in [9.17, 15) is 9.59 Å². The minimum Gasteiger partial charge on any atom is -0.294 e. The molecule has 2 aromatic carbocycles. The van der Waals surface area contributed by atoms with E-state index in [1.165, 1.54) is 44.5 Å². The van der Waals surface area contributed by atoms with Crippen molar-refractivity contribution in [3.8, 4) is 0 Å². The highest BCUT2D eigenvalue weighted by Gasteiger charge is 2.26. The van der Waals surface area contributed by atoms with Gasteiger partial charge in [-0.2, -0.15) is 0 Å². The van der Waals surface area contributed by atoms with E-state index in [2.05, 4.69) is 12.1 Å². The molecule has 0 N–H and O–H groups in total. The molecule has 0 spiro atoms. The third kappa shape index (κ3) is 3.25. The third-order valence-electron chi connectivity index (χ3n) is 7.65. The van der Waals surface area contributed by atoms with Gasteiger partial charge in [-0.05, 0) is 135 Å². The van der Waals surface area contributed by atoms with Gasteiger partial charge in [-0.15, -0.1) is 0 Å². The molecule has 156 valence electrons. The summed E-state index contributed by atoms with van der Waals surface area (Å²) >= 11 is 0. The molecule has 2 aliphatic carbocycles. The number of fused-ring (bicyclic) bond motifs is 4. The molecule has 2 heteroatoms. The van der Waals surface area contributed by atoms with Gasteiger partial charge in [0.1, 0.15) is 0 Å². The summed E-state index contributed by atoms with van der Waals surface area (Å²) in [5, 5.41) is 0. The Kier molecular flexibility index (Phi) is 5.13. The van der Waals surface area contributed by atoms with Crippen molar-refractivity contribution < 1.29 is 9.59 Å². The highest BCUT2D eigenvalue weighted by molar-refractivity contribution is 5.98. The Labute approximate surface area is 180 Å². The van der Waals surface area contributed by atoms with E-state index in [0.717, 1.165) is 88.2 Å². The van der Waals surface area contributed by atoms with Crippen molar-refractivity contribution in [3.05, 3.63) is 67.8 Å². The van der Waals surface area contributed by atoms with Gasteiger partial charge in [0.15, 0.2) is 11.6 Å². The Morgan fingerprint density at radius 2 is 0.767 bits per heavy atom. The fraction of sp³-hybridized carbons (Fsp3) is 0.500. The summed E-state index contributed by atoms with van der Waals surface area (Å²) in [5.41, 5.74) is 13.1. The average molecular weight is 401 g/mol. The van der Waals surface area contributed by atoms with Crippen LogP contribution in [-0.4, -0.2) is 11.6 Å². The number of Topliss-reactive ketones (excluding diaryl/α,β-unsaturated/α-hetero) is 2. The Balaban J connectivity index is 1.82. The minimum atomic E-state index is 0.257. The van der Waals surface area contributed by atoms with Crippen molar-refractivity contribution >= 4 is 11.6 Å². The zero-order valence-electron chi connectivity index (χ0n) is 18.5. The quantitative estimate of drug-likeness (QED) is 0.603. The van der Waals surface area contributed by atoms with E-state index in [4.69, 9.17) is 0 Å². The van der Waals surface area contributed by atoms with Gasteiger partial charge >= 0.3 is 0 Å². The second kappa shape index (κ2) is 7.80. The maximum absolute atomic E-state index is 12.9. The monoisotopic (exact) mass is 400 g/mol. The van der Waals surface area contributed by atoms with Crippen LogP contribution in [-0.2, 0) is 51.4 Å². The normalized spacial score (nSPS) is 17.7. The van der Waals surface area contributed by atoms with Crippen LogP contribution in [0.4, 0.5) is 0 Å². The molecule has 0 unspecified atom stereocenters. The molecule has 2 nitrogen and oxygen atoms in total. The van der Waals surface area contributed by atoms with Gasteiger partial charge in [0.05, 0.1) is 0 Å². The zero-order chi connectivity index (χ0) is 20.8. The van der Waals surface area contributed by atoms with Gasteiger partial charge in [0.2, 0.25) is 0 Å². The number of carbonyl (C=O) groups is 2. The van der Waals surface area contributed by atoms with Crippen LogP contribution in [0.25, 0.3) is 0 Å². The molecule has 2 aromatic rings. The van der Waals surface area contributed by atoms with Crippen LogP contribution < -0.4 is 0 Å². The van der Waals surface area contributed by atoms with Crippen LogP contribution in [0.1, 0.15) is 105 Å². The molecular formula is C28H32O2. The summed E-state index contributed by atoms with van der Waals surface area (Å²) in [6, 6.07) is 4.92. The Bertz CT molecular complexity index is 907. The lowest BCUT2D eigenvalue weighted by Gasteiger charge is -2.28. The van der Waals surface area contributed by atoms with Crippen LogP contribution in [0.15, 0.2) is 12.1 Å². The maximum Gasteiger partial charge on any atom is 0.160 e. The molecule has 0 aromatic heterocycles. The number of benzene rings is 2. The van der Waals surface area contributed by atoms with Gasteiger partial charge in [0, 0.05) is 11.1 Å². The van der Waals surface area contributed by atoms with Crippen LogP contribution >= 0.6 is 0 Å². The van der Waals surface area contributed by atoms with Gasteiger partial charge in [-0.3, -0.25) is 9.59 Å². The summed E-state index contributed by atoms with van der Waals surface area (Å²) in [4.78, 5) is 25.8. The smallest absolute Gasteiger partial charge is 0.160 e. The van der Waals surface area contributed by atoms with Crippen molar-refractivity contribution in [2.24, 2.45) is 0 Å². The third-order valence-corrected chi connectivity index (χ3v) is 7.65. The summed E-state index contributed by atoms with van der Waals surface area (Å²) in [7, 11) is 0. The molecular weight excluding hydrogens is 368 g/mol. The predicted molar refractivity (Wildman–Crippen MR) is 121 cm³/mol. The lowest BCUT2D eigenvalue weighted by atomic mass is 9.76. The summed E-state index contributed by atoms with van der Waals surface area (Å²) < 4.78 is 0. The lowest BCUT2D eigenvalue weighted by Crippen LogP contribution is -2.19. The first-order valence-electron chi connectivity index (χ1n) is 11.9. The Hall–Kier alpha value is -2.22. The molecule has 0 heterocycles. The van der Waals surface area contributed by atoms with Crippen molar-refractivity contribution in [3.63, 3.8) is 0 Å². The first kappa shape index (κ1) is 19.7. The van der Waals surface area contributed by atoms with Crippen LogP contribution in [0.3, 0.4) is 0 Å². The predicted octanol–water partition coefficient (Wildman–Crippen LogP) is 5.73. The molecule has 0 amide bonds. The lowest BCUT2D eigenvalue weighted by molar-refractivity contribution is 0.100. The van der Waals surface area contributed by atoms with Gasteiger partial charge < -0.3 is 0 Å².